The molecule has 0 heterocycles. The molecule has 0 radical (unpaired) electrons. The van der Waals surface area contributed by atoms with Crippen LogP contribution in [0.5, 0.6) is 0 Å². The molecule has 0 saturated heterocycles. The smallest absolute Gasteiger partial charge is 0.0291 e. The minimum absolute atomic E-state index is 0.244. The van der Waals surface area contributed by atoms with Crippen LogP contribution in [-0.2, 0) is 12.8 Å². The Balaban J connectivity index is 1.76. The fourth-order valence-electron chi connectivity index (χ4n) is 2.74. The van der Waals surface area contributed by atoms with E-state index >= 15 is 0 Å². The Kier molecular flexibility index (Phi) is 4.29. The van der Waals surface area contributed by atoms with E-state index in [2.05, 4.69) is 72.2 Å². The predicted molar refractivity (Wildman–Crippen MR) is 88.9 cm³/mol. The highest BCUT2D eigenvalue weighted by Gasteiger charge is 2.09. The summed E-state index contributed by atoms with van der Waals surface area (Å²) in [6, 6.07) is 25.8. The number of nitrogens with two attached hydrogens (primary N) is 1. The maximum atomic E-state index is 5.73. The minimum Gasteiger partial charge on any atom is -0.271 e. The summed E-state index contributed by atoms with van der Waals surface area (Å²) in [5.74, 6) is 5.73. The van der Waals surface area contributed by atoms with Crippen molar-refractivity contribution in [1.82, 2.24) is 5.43 Å². The second-order valence-electron chi connectivity index (χ2n) is 5.44. The van der Waals surface area contributed by atoms with E-state index in [0.717, 1.165) is 12.8 Å². The van der Waals surface area contributed by atoms with Gasteiger partial charge in [-0.2, -0.15) is 0 Å². The quantitative estimate of drug-likeness (QED) is 0.553. The van der Waals surface area contributed by atoms with Gasteiger partial charge in [0.2, 0.25) is 0 Å². The second-order valence-corrected chi connectivity index (χ2v) is 5.44. The van der Waals surface area contributed by atoms with Gasteiger partial charge >= 0.3 is 0 Å². The van der Waals surface area contributed by atoms with E-state index in [1.165, 1.54) is 21.9 Å². The summed E-state index contributed by atoms with van der Waals surface area (Å²) in [6.45, 7) is 0. The van der Waals surface area contributed by atoms with Crippen LogP contribution in [0.3, 0.4) is 0 Å². The molecule has 0 aliphatic rings. The molecule has 2 heteroatoms. The molecule has 0 saturated carbocycles. The Bertz CT molecular complexity index is 707. The highest BCUT2D eigenvalue weighted by Crippen LogP contribution is 2.17. The van der Waals surface area contributed by atoms with Gasteiger partial charge in [-0.25, -0.2) is 0 Å². The first-order valence-corrected chi connectivity index (χ1v) is 7.33. The molecule has 3 aromatic rings. The van der Waals surface area contributed by atoms with Gasteiger partial charge in [-0.1, -0.05) is 72.8 Å². The SMILES string of the molecule is NNC(Cc1ccccc1)Cc1ccc2ccccc2c1. The molecule has 0 aliphatic carbocycles. The van der Waals surface area contributed by atoms with Crippen LogP contribution < -0.4 is 11.3 Å². The van der Waals surface area contributed by atoms with Crippen LogP contribution in [0.2, 0.25) is 0 Å². The molecule has 106 valence electrons. The predicted octanol–water partition coefficient (Wildman–Crippen LogP) is 3.46. The van der Waals surface area contributed by atoms with Crippen LogP contribution in [-0.4, -0.2) is 6.04 Å². The van der Waals surface area contributed by atoms with Crippen LogP contribution in [0.15, 0.2) is 72.8 Å². The van der Waals surface area contributed by atoms with E-state index in [1.807, 2.05) is 6.07 Å². The molecular weight excluding hydrogens is 256 g/mol. The molecule has 0 amide bonds. The number of fused-ring (bicyclic) bond motifs is 1. The van der Waals surface area contributed by atoms with Crippen molar-refractivity contribution >= 4 is 10.8 Å². The maximum absolute atomic E-state index is 5.73. The molecule has 3 N–H and O–H groups in total. The first-order valence-electron chi connectivity index (χ1n) is 7.33. The summed E-state index contributed by atoms with van der Waals surface area (Å²) in [7, 11) is 0. The molecule has 0 bridgehead atoms. The van der Waals surface area contributed by atoms with E-state index in [4.69, 9.17) is 5.84 Å². The van der Waals surface area contributed by atoms with E-state index in [0.29, 0.717) is 0 Å². The fraction of sp³-hybridized carbons (Fsp3) is 0.158. The zero-order valence-electron chi connectivity index (χ0n) is 12.0. The topological polar surface area (TPSA) is 38.0 Å². The number of rotatable bonds is 5. The Labute approximate surface area is 125 Å². The van der Waals surface area contributed by atoms with Gasteiger partial charge in [0, 0.05) is 6.04 Å². The fourth-order valence-corrected chi connectivity index (χ4v) is 2.74. The highest BCUT2D eigenvalue weighted by atomic mass is 15.2. The Hall–Kier alpha value is -2.16. The summed E-state index contributed by atoms with van der Waals surface area (Å²) in [6.07, 6.45) is 1.86. The Morgan fingerprint density at radius 1 is 0.714 bits per heavy atom. The third-order valence-electron chi connectivity index (χ3n) is 3.86. The van der Waals surface area contributed by atoms with Crippen molar-refractivity contribution in [2.45, 2.75) is 18.9 Å². The lowest BCUT2D eigenvalue weighted by Gasteiger charge is -2.16. The van der Waals surface area contributed by atoms with Gasteiger partial charge in [-0.05, 0) is 34.7 Å². The molecule has 3 aromatic carbocycles. The number of hydrogen-bond acceptors (Lipinski definition) is 2. The number of hydrazine groups is 1. The molecule has 0 fully saturated rings. The summed E-state index contributed by atoms with van der Waals surface area (Å²) in [4.78, 5) is 0. The number of hydrogen-bond donors (Lipinski definition) is 2. The van der Waals surface area contributed by atoms with Gasteiger partial charge in [0.1, 0.15) is 0 Å². The lowest BCUT2D eigenvalue weighted by atomic mass is 9.97. The normalized spacial score (nSPS) is 12.4. The van der Waals surface area contributed by atoms with Crippen LogP contribution in [0.25, 0.3) is 10.8 Å². The molecule has 1 atom stereocenters. The third-order valence-corrected chi connectivity index (χ3v) is 3.86. The summed E-state index contributed by atoms with van der Waals surface area (Å²) in [5.41, 5.74) is 5.57. The number of nitrogens with one attached hydrogen (secondary N) is 1. The van der Waals surface area contributed by atoms with Gasteiger partial charge in [0.05, 0.1) is 0 Å². The standard InChI is InChI=1S/C19H20N2/c20-21-19(13-15-6-2-1-3-7-15)14-16-10-11-17-8-4-5-9-18(17)12-16/h1-12,19,21H,13-14,20H2. The van der Waals surface area contributed by atoms with Crippen LogP contribution in [0.1, 0.15) is 11.1 Å². The lowest BCUT2D eigenvalue weighted by Crippen LogP contribution is -2.38. The molecule has 0 spiro atoms. The minimum atomic E-state index is 0.244. The van der Waals surface area contributed by atoms with Crippen LogP contribution in [0.4, 0.5) is 0 Å². The molecule has 21 heavy (non-hydrogen) atoms. The van der Waals surface area contributed by atoms with Gasteiger partial charge in [-0.3, -0.25) is 11.3 Å². The summed E-state index contributed by atoms with van der Waals surface area (Å²) in [5, 5.41) is 2.56. The Morgan fingerprint density at radius 3 is 2.14 bits per heavy atom. The van der Waals surface area contributed by atoms with Crippen molar-refractivity contribution in [3.63, 3.8) is 0 Å². The molecule has 1 unspecified atom stereocenters. The van der Waals surface area contributed by atoms with Crippen molar-refractivity contribution in [3.8, 4) is 0 Å². The zero-order chi connectivity index (χ0) is 14.5. The average molecular weight is 276 g/mol. The van der Waals surface area contributed by atoms with E-state index in [-0.39, 0.29) is 6.04 Å². The van der Waals surface area contributed by atoms with Crippen molar-refractivity contribution < 1.29 is 0 Å². The molecule has 0 aliphatic heterocycles. The largest absolute Gasteiger partial charge is 0.271 e. The monoisotopic (exact) mass is 276 g/mol. The van der Waals surface area contributed by atoms with E-state index in [1.54, 1.807) is 0 Å². The van der Waals surface area contributed by atoms with Crippen LogP contribution >= 0.6 is 0 Å². The molecular formula is C19H20N2. The van der Waals surface area contributed by atoms with Crippen molar-refractivity contribution in [1.29, 1.82) is 0 Å². The van der Waals surface area contributed by atoms with E-state index in [9.17, 15) is 0 Å². The van der Waals surface area contributed by atoms with Crippen molar-refractivity contribution in [3.05, 3.63) is 83.9 Å². The first kappa shape index (κ1) is 13.8. The average Bonchev–Trinajstić information content (AvgIpc) is 2.55. The van der Waals surface area contributed by atoms with Gasteiger partial charge < -0.3 is 0 Å². The van der Waals surface area contributed by atoms with E-state index < -0.39 is 0 Å². The number of benzene rings is 3. The molecule has 2 nitrogen and oxygen atoms in total. The first-order chi connectivity index (χ1) is 10.3. The second kappa shape index (κ2) is 6.53. The van der Waals surface area contributed by atoms with Crippen LogP contribution in [0, 0.1) is 0 Å². The summed E-state index contributed by atoms with van der Waals surface area (Å²) >= 11 is 0. The molecule has 3 rings (SSSR count). The summed E-state index contributed by atoms with van der Waals surface area (Å²) < 4.78 is 0. The maximum Gasteiger partial charge on any atom is 0.0291 e. The van der Waals surface area contributed by atoms with Crippen molar-refractivity contribution in [2.75, 3.05) is 0 Å². The van der Waals surface area contributed by atoms with Gasteiger partial charge in [-0.15, -0.1) is 0 Å². The van der Waals surface area contributed by atoms with Gasteiger partial charge in [0.25, 0.3) is 0 Å². The Morgan fingerprint density at radius 2 is 1.38 bits per heavy atom. The van der Waals surface area contributed by atoms with Gasteiger partial charge in [0.15, 0.2) is 0 Å². The van der Waals surface area contributed by atoms with Crippen molar-refractivity contribution in [2.24, 2.45) is 5.84 Å². The lowest BCUT2D eigenvalue weighted by molar-refractivity contribution is 0.523. The third kappa shape index (κ3) is 3.48. The zero-order valence-corrected chi connectivity index (χ0v) is 12.0. The highest BCUT2D eigenvalue weighted by molar-refractivity contribution is 5.82. The molecule has 0 aromatic heterocycles.